The van der Waals surface area contributed by atoms with Gasteiger partial charge in [0, 0.05) is 7.05 Å². The van der Waals surface area contributed by atoms with Gasteiger partial charge in [0.05, 0.1) is 28.4 Å². The molecule has 0 saturated carbocycles. The Labute approximate surface area is 116 Å². The third-order valence-corrected chi connectivity index (χ3v) is 3.60. The van der Waals surface area contributed by atoms with Crippen molar-refractivity contribution in [3.8, 4) is 11.4 Å². The normalized spacial score (nSPS) is 11.1. The van der Waals surface area contributed by atoms with E-state index in [4.69, 9.17) is 9.52 Å². The van der Waals surface area contributed by atoms with Gasteiger partial charge in [-0.05, 0) is 40.2 Å². The van der Waals surface area contributed by atoms with E-state index in [2.05, 4.69) is 20.9 Å². The second-order valence-corrected chi connectivity index (χ2v) is 4.83. The van der Waals surface area contributed by atoms with Gasteiger partial charge in [-0.15, -0.1) is 0 Å². The standard InChI is InChI=1S/C13H9BrN2O3/c1-16-10-3-2-7(13(17)18)6-9(10)15-12(16)8-4-5-19-11(8)14/h2-6H,1H3,(H,17,18). The molecule has 0 fully saturated rings. The summed E-state index contributed by atoms with van der Waals surface area (Å²) in [5.41, 5.74) is 2.57. The molecule has 5 nitrogen and oxygen atoms in total. The average molecular weight is 321 g/mol. The largest absolute Gasteiger partial charge is 0.478 e. The zero-order valence-corrected chi connectivity index (χ0v) is 11.5. The van der Waals surface area contributed by atoms with E-state index in [1.807, 2.05) is 17.7 Å². The summed E-state index contributed by atoms with van der Waals surface area (Å²) < 4.78 is 7.70. The lowest BCUT2D eigenvalue weighted by molar-refractivity contribution is 0.0697. The van der Waals surface area contributed by atoms with Crippen LogP contribution in [0.15, 0.2) is 39.6 Å². The van der Waals surface area contributed by atoms with E-state index < -0.39 is 5.97 Å². The van der Waals surface area contributed by atoms with Crippen LogP contribution in [-0.2, 0) is 7.05 Å². The number of hydrogen-bond acceptors (Lipinski definition) is 3. The van der Waals surface area contributed by atoms with Crippen LogP contribution in [0, 0.1) is 0 Å². The molecule has 2 heterocycles. The van der Waals surface area contributed by atoms with Crippen molar-refractivity contribution >= 4 is 32.9 Å². The third-order valence-electron chi connectivity index (χ3n) is 2.99. The number of aryl methyl sites for hydroxylation is 1. The van der Waals surface area contributed by atoms with Crippen LogP contribution >= 0.6 is 15.9 Å². The Balaban J connectivity index is 2.26. The molecule has 0 aliphatic rings. The van der Waals surface area contributed by atoms with Crippen LogP contribution in [0.1, 0.15) is 10.4 Å². The maximum atomic E-state index is 11.0. The number of fused-ring (bicyclic) bond motifs is 1. The zero-order valence-electron chi connectivity index (χ0n) is 9.92. The fraction of sp³-hybridized carbons (Fsp3) is 0.0769. The molecular weight excluding hydrogens is 312 g/mol. The van der Waals surface area contributed by atoms with Gasteiger partial charge in [0.2, 0.25) is 0 Å². The van der Waals surface area contributed by atoms with E-state index in [9.17, 15) is 4.79 Å². The minimum absolute atomic E-state index is 0.225. The maximum Gasteiger partial charge on any atom is 0.335 e. The minimum Gasteiger partial charge on any atom is -0.478 e. The van der Waals surface area contributed by atoms with Crippen molar-refractivity contribution < 1.29 is 14.3 Å². The van der Waals surface area contributed by atoms with Crippen molar-refractivity contribution in [2.75, 3.05) is 0 Å². The summed E-state index contributed by atoms with van der Waals surface area (Å²) in [6, 6.07) is 6.70. The lowest BCUT2D eigenvalue weighted by Gasteiger charge is -2.00. The van der Waals surface area contributed by atoms with Crippen LogP contribution in [0.4, 0.5) is 0 Å². The quantitative estimate of drug-likeness (QED) is 0.786. The van der Waals surface area contributed by atoms with Gasteiger partial charge in [0.15, 0.2) is 4.67 Å². The average Bonchev–Trinajstić information content (AvgIpc) is 2.93. The number of furan rings is 1. The lowest BCUT2D eigenvalue weighted by atomic mass is 10.2. The van der Waals surface area contributed by atoms with Crippen LogP contribution in [-0.4, -0.2) is 20.6 Å². The van der Waals surface area contributed by atoms with Crippen LogP contribution < -0.4 is 0 Å². The van der Waals surface area contributed by atoms with Crippen molar-refractivity contribution in [3.63, 3.8) is 0 Å². The van der Waals surface area contributed by atoms with E-state index >= 15 is 0 Å². The van der Waals surface area contributed by atoms with Crippen LogP contribution in [0.25, 0.3) is 22.4 Å². The molecule has 0 spiro atoms. The van der Waals surface area contributed by atoms with Crippen LogP contribution in [0.5, 0.6) is 0 Å². The fourth-order valence-corrected chi connectivity index (χ4v) is 2.44. The highest BCUT2D eigenvalue weighted by atomic mass is 79.9. The number of aromatic carboxylic acids is 1. The number of carboxylic acids is 1. The molecule has 0 atom stereocenters. The zero-order chi connectivity index (χ0) is 13.6. The summed E-state index contributed by atoms with van der Waals surface area (Å²) in [4.78, 5) is 15.4. The summed E-state index contributed by atoms with van der Waals surface area (Å²) in [5, 5.41) is 8.99. The highest BCUT2D eigenvalue weighted by molar-refractivity contribution is 9.10. The molecule has 3 rings (SSSR count). The van der Waals surface area contributed by atoms with Gasteiger partial charge in [-0.3, -0.25) is 0 Å². The summed E-state index contributed by atoms with van der Waals surface area (Å²) >= 11 is 3.32. The number of benzene rings is 1. The molecule has 19 heavy (non-hydrogen) atoms. The number of aromatic nitrogens is 2. The second-order valence-electron chi connectivity index (χ2n) is 4.11. The molecule has 0 bridgehead atoms. The Hall–Kier alpha value is -2.08. The first kappa shape index (κ1) is 12.0. The van der Waals surface area contributed by atoms with Gasteiger partial charge in [-0.1, -0.05) is 0 Å². The molecule has 1 aromatic carbocycles. The van der Waals surface area contributed by atoms with E-state index in [1.54, 1.807) is 24.5 Å². The van der Waals surface area contributed by atoms with E-state index in [0.717, 1.165) is 16.9 Å². The molecule has 96 valence electrons. The molecule has 0 aliphatic carbocycles. The molecular formula is C13H9BrN2O3. The number of carbonyl (C=O) groups is 1. The lowest BCUT2D eigenvalue weighted by Crippen LogP contribution is -1.95. The van der Waals surface area contributed by atoms with Gasteiger partial charge < -0.3 is 14.1 Å². The molecule has 6 heteroatoms. The number of halogens is 1. The Morgan fingerprint density at radius 1 is 1.42 bits per heavy atom. The highest BCUT2D eigenvalue weighted by Crippen LogP contribution is 2.30. The molecule has 0 saturated heterocycles. The van der Waals surface area contributed by atoms with E-state index in [1.165, 1.54) is 0 Å². The molecule has 0 aliphatic heterocycles. The van der Waals surface area contributed by atoms with Crippen molar-refractivity contribution in [2.45, 2.75) is 0 Å². The first-order valence-electron chi connectivity index (χ1n) is 5.51. The number of hydrogen-bond donors (Lipinski definition) is 1. The third kappa shape index (κ3) is 1.84. The van der Waals surface area contributed by atoms with Gasteiger partial charge in [0.25, 0.3) is 0 Å². The summed E-state index contributed by atoms with van der Waals surface area (Å²) in [6.45, 7) is 0. The van der Waals surface area contributed by atoms with Gasteiger partial charge in [0.1, 0.15) is 5.82 Å². The van der Waals surface area contributed by atoms with Gasteiger partial charge in [-0.2, -0.15) is 0 Å². The van der Waals surface area contributed by atoms with Crippen LogP contribution in [0.2, 0.25) is 0 Å². The van der Waals surface area contributed by atoms with Crippen LogP contribution in [0.3, 0.4) is 0 Å². The van der Waals surface area contributed by atoms with E-state index in [-0.39, 0.29) is 5.56 Å². The fourth-order valence-electron chi connectivity index (χ4n) is 2.03. The molecule has 0 amide bonds. The smallest absolute Gasteiger partial charge is 0.335 e. The number of rotatable bonds is 2. The summed E-state index contributed by atoms with van der Waals surface area (Å²) in [5.74, 6) is -0.239. The monoisotopic (exact) mass is 320 g/mol. The van der Waals surface area contributed by atoms with Gasteiger partial charge >= 0.3 is 5.97 Å². The van der Waals surface area contributed by atoms with E-state index in [0.29, 0.717) is 10.2 Å². The van der Waals surface area contributed by atoms with Gasteiger partial charge in [-0.25, -0.2) is 9.78 Å². The predicted molar refractivity (Wildman–Crippen MR) is 73.1 cm³/mol. The first-order chi connectivity index (χ1) is 9.08. The summed E-state index contributed by atoms with van der Waals surface area (Å²) in [7, 11) is 1.88. The van der Waals surface area contributed by atoms with Crippen molar-refractivity contribution in [3.05, 3.63) is 40.8 Å². The Bertz CT molecular complexity index is 788. The second kappa shape index (κ2) is 4.24. The topological polar surface area (TPSA) is 68.3 Å². The maximum absolute atomic E-state index is 11.0. The Morgan fingerprint density at radius 2 is 2.21 bits per heavy atom. The van der Waals surface area contributed by atoms with Crippen molar-refractivity contribution in [2.24, 2.45) is 7.05 Å². The summed E-state index contributed by atoms with van der Waals surface area (Å²) in [6.07, 6.45) is 1.57. The number of imidazole rings is 1. The number of carboxylic acid groups (broad SMARTS) is 1. The molecule has 0 unspecified atom stereocenters. The van der Waals surface area contributed by atoms with Crippen molar-refractivity contribution in [1.29, 1.82) is 0 Å². The molecule has 0 radical (unpaired) electrons. The predicted octanol–water partition coefficient (Wildman–Crippen LogP) is 3.29. The number of nitrogens with zero attached hydrogens (tertiary/aromatic N) is 2. The minimum atomic E-state index is -0.960. The Kier molecular flexibility index (Phi) is 2.67. The highest BCUT2D eigenvalue weighted by Gasteiger charge is 2.15. The first-order valence-corrected chi connectivity index (χ1v) is 6.30. The molecule has 2 aromatic heterocycles. The molecule has 1 N–H and O–H groups in total. The SMILES string of the molecule is Cn1c(-c2ccoc2Br)nc2cc(C(=O)O)ccc21. The Morgan fingerprint density at radius 3 is 2.84 bits per heavy atom. The van der Waals surface area contributed by atoms with Crippen molar-refractivity contribution in [1.82, 2.24) is 9.55 Å². The molecule has 3 aromatic rings.